The maximum absolute atomic E-state index is 12.6. The lowest BCUT2D eigenvalue weighted by Crippen LogP contribution is -2.39. The smallest absolute Gasteiger partial charge is 0.255 e. The van der Waals surface area contributed by atoms with Crippen LogP contribution in [0, 0.1) is 5.92 Å². The number of rotatable bonds is 6. The molecule has 2 fully saturated rings. The lowest BCUT2D eigenvalue weighted by molar-refractivity contribution is -0.00293. The third kappa shape index (κ3) is 4.92. The Bertz CT molecular complexity index is 561. The molecule has 1 saturated heterocycles. The number of hydrogen-bond donors (Lipinski definition) is 1. The van der Waals surface area contributed by atoms with E-state index in [0.29, 0.717) is 44.0 Å². The summed E-state index contributed by atoms with van der Waals surface area (Å²) in [5, 5.41) is 2.97. The summed E-state index contributed by atoms with van der Waals surface area (Å²) in [4.78, 5) is 19.1. The third-order valence-corrected chi connectivity index (χ3v) is 5.09. The minimum absolute atomic E-state index is 0.0881. The zero-order valence-corrected chi connectivity index (χ0v) is 15.1. The normalized spacial score (nSPS) is 24.1. The summed E-state index contributed by atoms with van der Waals surface area (Å²) in [5.74, 6) is 1.27. The van der Waals surface area contributed by atoms with Crippen LogP contribution >= 0.6 is 0 Å². The van der Waals surface area contributed by atoms with E-state index in [9.17, 15) is 4.79 Å². The number of ether oxygens (including phenoxy) is 2. The van der Waals surface area contributed by atoms with E-state index in [-0.39, 0.29) is 5.91 Å². The number of morpholine rings is 1. The predicted molar refractivity (Wildman–Crippen MR) is 97.0 cm³/mol. The SMILES string of the molecule is C[C@H]1CCCC[C@@H]1OCCNC(=O)c1cccnc1N1CCOCC1. The minimum Gasteiger partial charge on any atom is -0.378 e. The summed E-state index contributed by atoms with van der Waals surface area (Å²) in [6.07, 6.45) is 7.01. The van der Waals surface area contributed by atoms with Crippen molar-refractivity contribution in [3.05, 3.63) is 23.9 Å². The highest BCUT2D eigenvalue weighted by Gasteiger charge is 2.22. The Morgan fingerprint density at radius 3 is 2.96 bits per heavy atom. The highest BCUT2D eigenvalue weighted by Crippen LogP contribution is 2.26. The Morgan fingerprint density at radius 2 is 2.16 bits per heavy atom. The number of amides is 1. The predicted octanol–water partition coefficient (Wildman–Crippen LogP) is 2.24. The Balaban J connectivity index is 1.49. The van der Waals surface area contributed by atoms with Crippen LogP contribution in [0.4, 0.5) is 5.82 Å². The molecule has 3 rings (SSSR count). The first-order valence-electron chi connectivity index (χ1n) is 9.43. The number of hydrogen-bond acceptors (Lipinski definition) is 5. The molecule has 2 heterocycles. The largest absolute Gasteiger partial charge is 0.378 e. The molecule has 1 aromatic rings. The maximum atomic E-state index is 12.6. The average Bonchev–Trinajstić information content (AvgIpc) is 2.67. The number of pyridine rings is 1. The van der Waals surface area contributed by atoms with Crippen LogP contribution in [0.2, 0.25) is 0 Å². The molecular formula is C19H29N3O3. The number of carbonyl (C=O) groups excluding carboxylic acids is 1. The molecule has 1 N–H and O–H groups in total. The van der Waals surface area contributed by atoms with E-state index in [1.165, 1.54) is 19.3 Å². The number of nitrogens with one attached hydrogen (secondary N) is 1. The van der Waals surface area contributed by atoms with Crippen molar-refractivity contribution >= 4 is 11.7 Å². The average molecular weight is 347 g/mol. The molecule has 1 aromatic heterocycles. The molecule has 1 saturated carbocycles. The van der Waals surface area contributed by atoms with E-state index in [0.717, 1.165) is 25.3 Å². The molecule has 0 radical (unpaired) electrons. The molecule has 6 heteroatoms. The van der Waals surface area contributed by atoms with Gasteiger partial charge in [0.25, 0.3) is 5.91 Å². The Morgan fingerprint density at radius 1 is 1.36 bits per heavy atom. The van der Waals surface area contributed by atoms with Crippen molar-refractivity contribution in [3.8, 4) is 0 Å². The first kappa shape index (κ1) is 18.1. The van der Waals surface area contributed by atoms with Gasteiger partial charge in [0, 0.05) is 25.8 Å². The zero-order chi connectivity index (χ0) is 17.5. The second-order valence-electron chi connectivity index (χ2n) is 6.90. The Labute approximate surface area is 149 Å². The van der Waals surface area contributed by atoms with Gasteiger partial charge in [0.1, 0.15) is 5.82 Å². The monoisotopic (exact) mass is 347 g/mol. The van der Waals surface area contributed by atoms with E-state index in [4.69, 9.17) is 9.47 Å². The summed E-state index contributed by atoms with van der Waals surface area (Å²) < 4.78 is 11.4. The fourth-order valence-corrected chi connectivity index (χ4v) is 3.60. The second kappa shape index (κ2) is 9.15. The van der Waals surface area contributed by atoms with Gasteiger partial charge in [0.05, 0.1) is 31.5 Å². The van der Waals surface area contributed by atoms with E-state index < -0.39 is 0 Å². The van der Waals surface area contributed by atoms with Gasteiger partial charge < -0.3 is 19.7 Å². The molecule has 6 nitrogen and oxygen atoms in total. The summed E-state index contributed by atoms with van der Waals surface area (Å²) in [5.41, 5.74) is 0.621. The second-order valence-corrected chi connectivity index (χ2v) is 6.90. The van der Waals surface area contributed by atoms with Gasteiger partial charge in [-0.05, 0) is 30.9 Å². The summed E-state index contributed by atoms with van der Waals surface area (Å²) in [6.45, 7) is 6.22. The van der Waals surface area contributed by atoms with Crippen molar-refractivity contribution in [2.24, 2.45) is 5.92 Å². The van der Waals surface area contributed by atoms with Gasteiger partial charge in [-0.1, -0.05) is 19.8 Å². The van der Waals surface area contributed by atoms with Crippen molar-refractivity contribution in [3.63, 3.8) is 0 Å². The molecular weight excluding hydrogens is 318 g/mol. The van der Waals surface area contributed by atoms with E-state index in [1.54, 1.807) is 12.3 Å². The van der Waals surface area contributed by atoms with E-state index in [2.05, 4.69) is 22.1 Å². The molecule has 0 spiro atoms. The number of anilines is 1. The maximum Gasteiger partial charge on any atom is 0.255 e. The molecule has 25 heavy (non-hydrogen) atoms. The molecule has 2 atom stereocenters. The Hall–Kier alpha value is -1.66. The molecule has 0 aromatic carbocycles. The van der Waals surface area contributed by atoms with Gasteiger partial charge in [-0.3, -0.25) is 4.79 Å². The lowest BCUT2D eigenvalue weighted by atomic mass is 9.88. The standard InChI is InChI=1S/C19H29N3O3/c1-15-5-2-3-7-17(15)25-12-9-21-19(23)16-6-4-8-20-18(16)22-10-13-24-14-11-22/h4,6,8,15,17H,2-3,5,7,9-14H2,1H3,(H,21,23)/t15-,17-/m0/s1. The summed E-state index contributed by atoms with van der Waals surface area (Å²) in [7, 11) is 0. The fourth-order valence-electron chi connectivity index (χ4n) is 3.60. The van der Waals surface area contributed by atoms with Crippen LogP contribution in [-0.2, 0) is 9.47 Å². The van der Waals surface area contributed by atoms with Crippen LogP contribution in [0.25, 0.3) is 0 Å². The van der Waals surface area contributed by atoms with Crippen molar-refractivity contribution < 1.29 is 14.3 Å². The molecule has 1 amide bonds. The third-order valence-electron chi connectivity index (χ3n) is 5.09. The first-order valence-corrected chi connectivity index (χ1v) is 9.43. The molecule has 1 aliphatic carbocycles. The van der Waals surface area contributed by atoms with Crippen LogP contribution < -0.4 is 10.2 Å². The highest BCUT2D eigenvalue weighted by molar-refractivity contribution is 5.98. The van der Waals surface area contributed by atoms with Gasteiger partial charge in [0.15, 0.2) is 0 Å². The first-order chi connectivity index (χ1) is 12.3. The van der Waals surface area contributed by atoms with E-state index in [1.807, 2.05) is 6.07 Å². The van der Waals surface area contributed by atoms with Gasteiger partial charge in [-0.25, -0.2) is 4.98 Å². The number of nitrogens with zero attached hydrogens (tertiary/aromatic N) is 2. The summed E-state index contributed by atoms with van der Waals surface area (Å²) >= 11 is 0. The summed E-state index contributed by atoms with van der Waals surface area (Å²) in [6, 6.07) is 3.64. The zero-order valence-electron chi connectivity index (χ0n) is 15.1. The van der Waals surface area contributed by atoms with Gasteiger partial charge in [-0.15, -0.1) is 0 Å². The van der Waals surface area contributed by atoms with Crippen molar-refractivity contribution in [1.82, 2.24) is 10.3 Å². The van der Waals surface area contributed by atoms with Crippen LogP contribution in [0.15, 0.2) is 18.3 Å². The topological polar surface area (TPSA) is 63.7 Å². The molecule has 0 bridgehead atoms. The van der Waals surface area contributed by atoms with Crippen LogP contribution in [0.3, 0.4) is 0 Å². The van der Waals surface area contributed by atoms with Crippen LogP contribution in [0.5, 0.6) is 0 Å². The van der Waals surface area contributed by atoms with Crippen molar-refractivity contribution in [1.29, 1.82) is 0 Å². The molecule has 0 unspecified atom stereocenters. The quantitative estimate of drug-likeness (QED) is 0.800. The fraction of sp³-hybridized carbons (Fsp3) is 0.684. The molecule has 1 aliphatic heterocycles. The van der Waals surface area contributed by atoms with Crippen molar-refractivity contribution in [2.45, 2.75) is 38.7 Å². The van der Waals surface area contributed by atoms with Crippen LogP contribution in [0.1, 0.15) is 43.0 Å². The van der Waals surface area contributed by atoms with Gasteiger partial charge in [-0.2, -0.15) is 0 Å². The van der Waals surface area contributed by atoms with Crippen molar-refractivity contribution in [2.75, 3.05) is 44.4 Å². The molecule has 2 aliphatic rings. The number of aromatic nitrogens is 1. The van der Waals surface area contributed by atoms with E-state index >= 15 is 0 Å². The van der Waals surface area contributed by atoms with Gasteiger partial charge in [0.2, 0.25) is 0 Å². The van der Waals surface area contributed by atoms with Gasteiger partial charge >= 0.3 is 0 Å². The molecule has 138 valence electrons. The lowest BCUT2D eigenvalue weighted by Gasteiger charge is -2.29. The highest BCUT2D eigenvalue weighted by atomic mass is 16.5. The number of carbonyl (C=O) groups is 1. The van der Waals surface area contributed by atoms with Crippen LogP contribution in [-0.4, -0.2) is 56.5 Å². The Kier molecular flexibility index (Phi) is 6.64. The minimum atomic E-state index is -0.0881.